The van der Waals surface area contributed by atoms with Gasteiger partial charge in [0.2, 0.25) is 0 Å². The van der Waals surface area contributed by atoms with Crippen molar-refractivity contribution < 1.29 is 13.9 Å². The van der Waals surface area contributed by atoms with Gasteiger partial charge in [0.25, 0.3) is 0 Å². The number of esters is 1. The van der Waals surface area contributed by atoms with Gasteiger partial charge in [0.05, 0.1) is 6.54 Å². The first-order valence-electron chi connectivity index (χ1n) is 8.02. The first kappa shape index (κ1) is 15.1. The Morgan fingerprint density at radius 2 is 2.17 bits per heavy atom. The number of hydrogen-bond donors (Lipinski definition) is 0. The van der Waals surface area contributed by atoms with Crippen LogP contribution in [0.5, 0.6) is 0 Å². The Morgan fingerprint density at radius 1 is 1.38 bits per heavy atom. The second-order valence-electron chi connectivity index (χ2n) is 6.97. The van der Waals surface area contributed by atoms with Crippen molar-refractivity contribution in [3.05, 3.63) is 52.0 Å². The van der Waals surface area contributed by atoms with E-state index in [0.717, 1.165) is 6.42 Å². The number of carbonyl (C=O) groups is 1. The van der Waals surface area contributed by atoms with Gasteiger partial charge in [-0.05, 0) is 38.0 Å². The molecule has 4 rings (SSSR count). The molecule has 0 aliphatic carbocycles. The summed E-state index contributed by atoms with van der Waals surface area (Å²) in [5.41, 5.74) is -0.277. The van der Waals surface area contributed by atoms with E-state index in [9.17, 15) is 14.0 Å². The molecule has 0 bridgehead atoms. The molecule has 3 heterocycles. The molecule has 1 saturated heterocycles. The van der Waals surface area contributed by atoms with Gasteiger partial charge in [0, 0.05) is 12.3 Å². The van der Waals surface area contributed by atoms with Crippen molar-refractivity contribution in [3.8, 4) is 0 Å². The Bertz CT molecular complexity index is 883. The zero-order chi connectivity index (χ0) is 17.1. The first-order valence-corrected chi connectivity index (χ1v) is 8.02. The summed E-state index contributed by atoms with van der Waals surface area (Å²) in [7, 11) is 0. The molecule has 126 valence electrons. The summed E-state index contributed by atoms with van der Waals surface area (Å²) in [6.07, 6.45) is 1.37. The van der Waals surface area contributed by atoms with Crippen LogP contribution in [0.3, 0.4) is 0 Å². The maximum atomic E-state index is 13.3. The molecule has 2 aromatic rings. The smallest absolute Gasteiger partial charge is 0.347 e. The van der Waals surface area contributed by atoms with Crippen LogP contribution in [-0.2, 0) is 22.5 Å². The summed E-state index contributed by atoms with van der Waals surface area (Å²) < 4.78 is 21.6. The maximum absolute atomic E-state index is 13.3. The fraction of sp³-hybridized carbons (Fsp3) is 0.471. The average molecular weight is 331 g/mol. The molecule has 2 aliphatic heterocycles. The third-order valence-corrected chi connectivity index (χ3v) is 5.00. The number of hydrogen-bond acceptors (Lipinski definition) is 4. The lowest BCUT2D eigenvalue weighted by Gasteiger charge is -2.29. The average Bonchev–Trinajstić information content (AvgIpc) is 2.94. The first-order chi connectivity index (χ1) is 11.4. The van der Waals surface area contributed by atoms with E-state index in [4.69, 9.17) is 4.74 Å². The fourth-order valence-electron chi connectivity index (χ4n) is 3.84. The van der Waals surface area contributed by atoms with E-state index in [2.05, 4.69) is 5.10 Å². The third kappa shape index (κ3) is 2.18. The summed E-state index contributed by atoms with van der Waals surface area (Å²) in [4.78, 5) is 25.0. The van der Waals surface area contributed by atoms with E-state index in [1.165, 1.54) is 21.4 Å². The lowest BCUT2D eigenvalue weighted by Crippen LogP contribution is -2.39. The zero-order valence-electron chi connectivity index (χ0n) is 13.5. The Balaban J connectivity index is 1.74. The molecule has 24 heavy (non-hydrogen) atoms. The Kier molecular flexibility index (Phi) is 3.16. The molecule has 0 radical (unpaired) electrons. The summed E-state index contributed by atoms with van der Waals surface area (Å²) in [5.74, 6) is -0.182. The molecule has 1 aromatic heterocycles. The standard InChI is InChI=1S/C17H18FN3O3/c1-17(2)12-6-7-13-19-20(9-10-4-3-5-11(18)8-10)16(23)21(13)14(12)15(22)24-17/h3-5,8,12,14H,6-7,9H2,1-2H3. The van der Waals surface area contributed by atoms with E-state index in [0.29, 0.717) is 17.8 Å². The van der Waals surface area contributed by atoms with Gasteiger partial charge in [-0.2, -0.15) is 5.10 Å². The van der Waals surface area contributed by atoms with E-state index < -0.39 is 11.6 Å². The van der Waals surface area contributed by atoms with E-state index in [1.807, 2.05) is 13.8 Å². The Morgan fingerprint density at radius 3 is 2.92 bits per heavy atom. The highest BCUT2D eigenvalue weighted by Gasteiger charge is 2.53. The van der Waals surface area contributed by atoms with Crippen LogP contribution in [0.15, 0.2) is 29.1 Å². The molecule has 0 amide bonds. The number of ether oxygens (including phenoxy) is 1. The van der Waals surface area contributed by atoms with Crippen LogP contribution in [0.25, 0.3) is 0 Å². The Labute approximate surface area is 137 Å². The number of cyclic esters (lactones) is 1. The van der Waals surface area contributed by atoms with Crippen LogP contribution in [-0.4, -0.2) is 25.9 Å². The number of fused-ring (bicyclic) bond motifs is 3. The summed E-state index contributed by atoms with van der Waals surface area (Å²) >= 11 is 0. The van der Waals surface area contributed by atoms with Crippen LogP contribution >= 0.6 is 0 Å². The molecule has 0 N–H and O–H groups in total. The molecule has 1 fully saturated rings. The van der Waals surface area contributed by atoms with Gasteiger partial charge < -0.3 is 4.74 Å². The van der Waals surface area contributed by atoms with Crippen LogP contribution < -0.4 is 5.69 Å². The number of aryl methyl sites for hydroxylation is 1. The van der Waals surface area contributed by atoms with Crippen molar-refractivity contribution in [1.82, 2.24) is 14.3 Å². The van der Waals surface area contributed by atoms with Crippen molar-refractivity contribution in [2.24, 2.45) is 5.92 Å². The van der Waals surface area contributed by atoms with Gasteiger partial charge in [-0.3, -0.25) is 4.57 Å². The highest BCUT2D eigenvalue weighted by atomic mass is 19.1. The van der Waals surface area contributed by atoms with Crippen molar-refractivity contribution >= 4 is 5.97 Å². The van der Waals surface area contributed by atoms with E-state index in [-0.39, 0.29) is 29.9 Å². The quantitative estimate of drug-likeness (QED) is 0.785. The van der Waals surface area contributed by atoms with Crippen LogP contribution in [0.1, 0.15) is 37.7 Å². The highest BCUT2D eigenvalue weighted by molar-refractivity contribution is 5.78. The number of aromatic nitrogens is 3. The van der Waals surface area contributed by atoms with E-state index >= 15 is 0 Å². The summed E-state index contributed by atoms with van der Waals surface area (Å²) in [6, 6.07) is 5.45. The second kappa shape index (κ2) is 5.03. The van der Waals surface area contributed by atoms with Crippen LogP contribution in [0.2, 0.25) is 0 Å². The molecule has 2 unspecified atom stereocenters. The number of halogens is 1. The van der Waals surface area contributed by atoms with Gasteiger partial charge in [-0.15, -0.1) is 0 Å². The van der Waals surface area contributed by atoms with Crippen molar-refractivity contribution in [3.63, 3.8) is 0 Å². The predicted octanol–water partition coefficient (Wildman–Crippen LogP) is 1.67. The maximum Gasteiger partial charge on any atom is 0.347 e. The fourth-order valence-corrected chi connectivity index (χ4v) is 3.84. The molecule has 2 aliphatic rings. The molecule has 0 spiro atoms. The minimum Gasteiger partial charge on any atom is -0.458 e. The van der Waals surface area contributed by atoms with Crippen molar-refractivity contribution in [2.45, 2.75) is 44.9 Å². The van der Waals surface area contributed by atoms with Crippen LogP contribution in [0.4, 0.5) is 4.39 Å². The van der Waals surface area contributed by atoms with Gasteiger partial charge >= 0.3 is 11.7 Å². The van der Waals surface area contributed by atoms with E-state index in [1.54, 1.807) is 12.1 Å². The monoisotopic (exact) mass is 331 g/mol. The molecular formula is C17H18FN3O3. The number of carbonyl (C=O) groups excluding carboxylic acids is 1. The van der Waals surface area contributed by atoms with Crippen molar-refractivity contribution in [1.29, 1.82) is 0 Å². The summed E-state index contributed by atoms with van der Waals surface area (Å²) in [5, 5.41) is 4.35. The molecule has 2 atom stereocenters. The van der Waals surface area contributed by atoms with Gasteiger partial charge in [0.15, 0.2) is 0 Å². The summed E-state index contributed by atoms with van der Waals surface area (Å²) in [6.45, 7) is 3.93. The molecule has 0 saturated carbocycles. The highest BCUT2D eigenvalue weighted by Crippen LogP contribution is 2.44. The minimum atomic E-state index is -0.613. The molecule has 6 nitrogen and oxygen atoms in total. The third-order valence-electron chi connectivity index (χ3n) is 5.00. The topological polar surface area (TPSA) is 66.1 Å². The molecule has 1 aromatic carbocycles. The SMILES string of the molecule is CC1(C)OC(=O)C2C1CCc1nn(Cc3cccc(F)c3)c(=O)n12. The Hall–Kier alpha value is -2.44. The van der Waals surface area contributed by atoms with Gasteiger partial charge in [0.1, 0.15) is 23.3 Å². The van der Waals surface area contributed by atoms with Gasteiger partial charge in [-0.25, -0.2) is 18.7 Å². The lowest BCUT2D eigenvalue weighted by atomic mass is 9.81. The minimum absolute atomic E-state index is 0.0398. The second-order valence-corrected chi connectivity index (χ2v) is 6.97. The number of benzene rings is 1. The normalized spacial score (nSPS) is 24.4. The molecular weight excluding hydrogens is 313 g/mol. The lowest BCUT2D eigenvalue weighted by molar-refractivity contribution is -0.148. The van der Waals surface area contributed by atoms with Gasteiger partial charge in [-0.1, -0.05) is 12.1 Å². The zero-order valence-corrected chi connectivity index (χ0v) is 13.5. The predicted molar refractivity (Wildman–Crippen MR) is 83.0 cm³/mol. The molecule has 7 heteroatoms. The number of nitrogens with zero attached hydrogens (tertiary/aromatic N) is 3. The largest absolute Gasteiger partial charge is 0.458 e. The van der Waals surface area contributed by atoms with Crippen molar-refractivity contribution in [2.75, 3.05) is 0 Å². The number of rotatable bonds is 2. The van der Waals surface area contributed by atoms with Crippen LogP contribution in [0, 0.1) is 11.7 Å².